The van der Waals surface area contributed by atoms with Crippen LogP contribution in [0.1, 0.15) is 27.9 Å². The number of nitrogens with zero attached hydrogens (tertiary/aromatic N) is 1. The molecule has 2 aromatic carbocycles. The molecule has 1 heterocycles. The first kappa shape index (κ1) is 23.3. The first-order valence-electron chi connectivity index (χ1n) is 10.2. The number of carboxylic acids is 1. The lowest BCUT2D eigenvalue weighted by Gasteiger charge is -2.18. The van der Waals surface area contributed by atoms with E-state index in [-0.39, 0.29) is 0 Å². The van der Waals surface area contributed by atoms with Crippen molar-refractivity contribution >= 4 is 23.6 Å². The Morgan fingerprint density at radius 3 is 2.62 bits per heavy atom. The molecule has 166 valence electrons. The number of aliphatic carboxylic acids is 1. The van der Waals surface area contributed by atoms with Gasteiger partial charge in [-0.2, -0.15) is 11.8 Å². The molecule has 0 aliphatic heterocycles. The van der Waals surface area contributed by atoms with Crippen LogP contribution in [-0.2, 0) is 11.4 Å². The number of ether oxygens (including phenoxy) is 1. The molecular formula is C25H26N2O4S. The number of hydrogen-bond donors (Lipinski definition) is 2. The summed E-state index contributed by atoms with van der Waals surface area (Å²) in [6, 6.07) is 16.0. The number of thioether (sulfide) groups is 1. The van der Waals surface area contributed by atoms with Gasteiger partial charge < -0.3 is 15.2 Å². The van der Waals surface area contributed by atoms with Crippen LogP contribution in [0.15, 0.2) is 67.0 Å². The van der Waals surface area contributed by atoms with Crippen molar-refractivity contribution in [1.29, 1.82) is 0 Å². The predicted octanol–water partition coefficient (Wildman–Crippen LogP) is 4.57. The molecule has 6 nitrogen and oxygen atoms in total. The Hall–Kier alpha value is -3.32. The van der Waals surface area contributed by atoms with Crippen molar-refractivity contribution in [2.75, 3.05) is 12.0 Å². The highest BCUT2D eigenvalue weighted by molar-refractivity contribution is 7.98. The molecular weight excluding hydrogens is 424 g/mol. The van der Waals surface area contributed by atoms with E-state index in [1.54, 1.807) is 36.3 Å². The van der Waals surface area contributed by atoms with E-state index < -0.39 is 17.9 Å². The summed E-state index contributed by atoms with van der Waals surface area (Å²) in [5.41, 5.74) is 3.99. The third-order valence-corrected chi connectivity index (χ3v) is 5.66. The van der Waals surface area contributed by atoms with E-state index in [4.69, 9.17) is 4.74 Å². The second-order valence-corrected chi connectivity index (χ2v) is 8.30. The minimum absolute atomic E-state index is 0.317. The highest BCUT2D eigenvalue weighted by atomic mass is 32.2. The number of benzene rings is 2. The summed E-state index contributed by atoms with van der Waals surface area (Å²) in [4.78, 5) is 28.8. The van der Waals surface area contributed by atoms with Gasteiger partial charge >= 0.3 is 5.97 Å². The molecule has 0 spiro atoms. The van der Waals surface area contributed by atoms with Gasteiger partial charge in [0, 0.05) is 11.8 Å². The van der Waals surface area contributed by atoms with Crippen molar-refractivity contribution in [1.82, 2.24) is 10.3 Å². The van der Waals surface area contributed by atoms with E-state index in [1.807, 2.05) is 55.6 Å². The Balaban J connectivity index is 1.91. The number of carbonyl (C=O) groups is 2. The zero-order valence-corrected chi connectivity index (χ0v) is 18.9. The number of aromatic nitrogens is 1. The molecule has 0 bridgehead atoms. The monoisotopic (exact) mass is 450 g/mol. The Morgan fingerprint density at radius 2 is 1.94 bits per heavy atom. The van der Waals surface area contributed by atoms with E-state index in [0.29, 0.717) is 30.1 Å². The summed E-state index contributed by atoms with van der Waals surface area (Å²) >= 11 is 1.54. The van der Waals surface area contributed by atoms with Crippen molar-refractivity contribution in [2.24, 2.45) is 0 Å². The average molecular weight is 451 g/mol. The number of amides is 1. The van der Waals surface area contributed by atoms with E-state index >= 15 is 0 Å². The second kappa shape index (κ2) is 11.3. The van der Waals surface area contributed by atoms with Crippen LogP contribution in [0.3, 0.4) is 0 Å². The maximum Gasteiger partial charge on any atom is 0.326 e. The molecule has 0 fully saturated rings. The molecule has 0 unspecified atom stereocenters. The van der Waals surface area contributed by atoms with Crippen LogP contribution < -0.4 is 10.1 Å². The first-order valence-corrected chi connectivity index (χ1v) is 11.6. The molecule has 3 rings (SSSR count). The minimum atomic E-state index is -1.04. The molecule has 0 radical (unpaired) electrons. The summed E-state index contributed by atoms with van der Waals surface area (Å²) in [7, 11) is 0. The zero-order chi connectivity index (χ0) is 22.9. The largest absolute Gasteiger partial charge is 0.487 e. The Bertz CT molecular complexity index is 1070. The van der Waals surface area contributed by atoms with E-state index in [1.165, 1.54) is 0 Å². The molecule has 1 atom stereocenters. The number of hydrogen-bond acceptors (Lipinski definition) is 5. The first-order chi connectivity index (χ1) is 15.5. The van der Waals surface area contributed by atoms with Gasteiger partial charge in [0.1, 0.15) is 18.4 Å². The van der Waals surface area contributed by atoms with Gasteiger partial charge in [-0.15, -0.1) is 0 Å². The SMILES string of the molecule is CSCC[C@H](NC(=O)c1ccc(COc2cccnc2)cc1-c1ccccc1C)C(=O)O. The van der Waals surface area contributed by atoms with Gasteiger partial charge in [0.05, 0.1) is 6.20 Å². The lowest BCUT2D eigenvalue weighted by molar-refractivity contribution is -0.139. The maximum absolute atomic E-state index is 13.1. The summed E-state index contributed by atoms with van der Waals surface area (Å²) in [6.45, 7) is 2.30. The maximum atomic E-state index is 13.1. The van der Waals surface area contributed by atoms with E-state index in [9.17, 15) is 14.7 Å². The molecule has 0 aliphatic carbocycles. The summed E-state index contributed by atoms with van der Waals surface area (Å²) in [5.74, 6) is -0.139. The Labute approximate surface area is 192 Å². The zero-order valence-electron chi connectivity index (χ0n) is 18.1. The third kappa shape index (κ3) is 6.11. The van der Waals surface area contributed by atoms with Crippen LogP contribution in [0, 0.1) is 6.92 Å². The highest BCUT2D eigenvalue weighted by Crippen LogP contribution is 2.29. The molecule has 1 aromatic heterocycles. The van der Waals surface area contributed by atoms with Gasteiger partial charge in [-0.1, -0.05) is 30.3 Å². The van der Waals surface area contributed by atoms with E-state index in [2.05, 4.69) is 10.3 Å². The Morgan fingerprint density at radius 1 is 1.12 bits per heavy atom. The molecule has 2 N–H and O–H groups in total. The van der Waals surface area contributed by atoms with Crippen molar-refractivity contribution < 1.29 is 19.4 Å². The summed E-state index contributed by atoms with van der Waals surface area (Å²) in [5, 5.41) is 12.2. The van der Waals surface area contributed by atoms with Gasteiger partial charge in [0.2, 0.25) is 0 Å². The fourth-order valence-corrected chi connectivity index (χ4v) is 3.78. The molecule has 1 amide bonds. The summed E-state index contributed by atoms with van der Waals surface area (Å²) < 4.78 is 5.81. The van der Waals surface area contributed by atoms with Crippen LogP contribution in [0.25, 0.3) is 11.1 Å². The van der Waals surface area contributed by atoms with Gasteiger partial charge in [0.25, 0.3) is 5.91 Å². The average Bonchev–Trinajstić information content (AvgIpc) is 2.81. The van der Waals surface area contributed by atoms with Crippen LogP contribution in [0.4, 0.5) is 0 Å². The number of aryl methyl sites for hydroxylation is 1. The lowest BCUT2D eigenvalue weighted by atomic mass is 9.93. The number of pyridine rings is 1. The van der Waals surface area contributed by atoms with Gasteiger partial charge in [-0.3, -0.25) is 9.78 Å². The van der Waals surface area contributed by atoms with Gasteiger partial charge in [0.15, 0.2) is 0 Å². The van der Waals surface area contributed by atoms with Crippen molar-refractivity contribution in [3.8, 4) is 16.9 Å². The van der Waals surface area contributed by atoms with Crippen molar-refractivity contribution in [2.45, 2.75) is 26.0 Å². The molecule has 0 saturated carbocycles. The van der Waals surface area contributed by atoms with Gasteiger partial charge in [-0.05, 0) is 71.9 Å². The van der Waals surface area contributed by atoms with Gasteiger partial charge in [-0.25, -0.2) is 4.79 Å². The Kier molecular flexibility index (Phi) is 8.27. The normalized spacial score (nSPS) is 11.6. The van der Waals surface area contributed by atoms with Crippen LogP contribution in [0.5, 0.6) is 5.75 Å². The molecule has 3 aromatic rings. The minimum Gasteiger partial charge on any atom is -0.487 e. The van der Waals surface area contributed by atoms with Crippen LogP contribution in [0.2, 0.25) is 0 Å². The fraction of sp³-hybridized carbons (Fsp3) is 0.240. The smallest absolute Gasteiger partial charge is 0.326 e. The van der Waals surface area contributed by atoms with E-state index in [0.717, 1.165) is 22.3 Å². The van der Waals surface area contributed by atoms with Crippen LogP contribution in [-0.4, -0.2) is 40.0 Å². The predicted molar refractivity (Wildman–Crippen MR) is 127 cm³/mol. The molecule has 32 heavy (non-hydrogen) atoms. The number of nitrogens with one attached hydrogen (secondary N) is 1. The number of rotatable bonds is 10. The molecule has 7 heteroatoms. The van der Waals surface area contributed by atoms with Crippen molar-refractivity contribution in [3.05, 3.63) is 83.7 Å². The molecule has 0 aliphatic rings. The highest BCUT2D eigenvalue weighted by Gasteiger charge is 2.22. The topological polar surface area (TPSA) is 88.5 Å². The van der Waals surface area contributed by atoms with Crippen LogP contribution >= 0.6 is 11.8 Å². The standard InChI is InChI=1S/C25H26N2O4S/c1-17-6-3-4-8-20(17)22-14-18(16-31-19-7-5-12-26-15-19)9-10-21(22)24(28)27-23(25(29)30)11-13-32-2/h3-10,12,14-15,23H,11,13,16H2,1-2H3,(H,27,28)(H,29,30)/t23-/m0/s1. The van der Waals surface area contributed by atoms with Crippen molar-refractivity contribution in [3.63, 3.8) is 0 Å². The fourth-order valence-electron chi connectivity index (χ4n) is 3.31. The quantitative estimate of drug-likeness (QED) is 0.470. The second-order valence-electron chi connectivity index (χ2n) is 7.32. The molecule has 0 saturated heterocycles. The number of carboxylic acid groups (broad SMARTS) is 1. The lowest BCUT2D eigenvalue weighted by Crippen LogP contribution is -2.41. The number of carbonyl (C=O) groups excluding carboxylic acids is 1. The third-order valence-electron chi connectivity index (χ3n) is 5.02. The summed E-state index contributed by atoms with van der Waals surface area (Å²) in [6.07, 6.45) is 5.59.